The van der Waals surface area contributed by atoms with Crippen molar-refractivity contribution < 1.29 is 9.66 Å². The highest BCUT2D eigenvalue weighted by atomic mass is 16.6. The first-order valence-corrected chi connectivity index (χ1v) is 9.36. The van der Waals surface area contributed by atoms with Gasteiger partial charge in [-0.05, 0) is 23.8 Å². The summed E-state index contributed by atoms with van der Waals surface area (Å²) >= 11 is 0. The molecule has 3 aromatic rings. The maximum atomic E-state index is 11.4. The number of benzene rings is 2. The average Bonchev–Trinajstić information content (AvgIpc) is 2.74. The minimum absolute atomic E-state index is 0.0333. The monoisotopic (exact) mass is 378 g/mol. The standard InChI is InChI=1S/C21H22N4O3/c26-25(27)20-9-8-18(21-17(20)7-4-10-22-21)23-19(16-5-2-1-3-6-16)15-24-11-13-28-14-12-24/h1-10,19,23H,11-15H2. The Hall–Kier alpha value is -3.03. The molecular formula is C21H22N4O3. The average molecular weight is 378 g/mol. The van der Waals surface area contributed by atoms with E-state index in [0.717, 1.165) is 44.1 Å². The first-order valence-electron chi connectivity index (χ1n) is 9.36. The first-order chi connectivity index (χ1) is 13.7. The highest BCUT2D eigenvalue weighted by Gasteiger charge is 2.21. The molecule has 0 radical (unpaired) electrons. The molecule has 0 spiro atoms. The zero-order valence-electron chi connectivity index (χ0n) is 15.5. The number of morpholine rings is 1. The van der Waals surface area contributed by atoms with Gasteiger partial charge in [0, 0.05) is 31.9 Å². The van der Waals surface area contributed by atoms with Crippen LogP contribution in [-0.2, 0) is 4.74 Å². The summed E-state index contributed by atoms with van der Waals surface area (Å²) in [4.78, 5) is 17.8. The summed E-state index contributed by atoms with van der Waals surface area (Å²) in [7, 11) is 0. The highest BCUT2D eigenvalue weighted by molar-refractivity contribution is 5.96. The van der Waals surface area contributed by atoms with E-state index in [0.29, 0.717) is 10.9 Å². The van der Waals surface area contributed by atoms with E-state index in [1.54, 1.807) is 30.5 Å². The molecule has 7 heteroatoms. The van der Waals surface area contributed by atoms with Gasteiger partial charge in [0.15, 0.2) is 0 Å². The van der Waals surface area contributed by atoms with Crippen LogP contribution < -0.4 is 5.32 Å². The third-order valence-corrected chi connectivity index (χ3v) is 5.02. The van der Waals surface area contributed by atoms with E-state index in [9.17, 15) is 10.1 Å². The summed E-state index contributed by atoms with van der Waals surface area (Å²) < 4.78 is 5.46. The van der Waals surface area contributed by atoms with Gasteiger partial charge < -0.3 is 10.1 Å². The van der Waals surface area contributed by atoms with Crippen molar-refractivity contribution in [2.45, 2.75) is 6.04 Å². The van der Waals surface area contributed by atoms with Crippen LogP contribution in [0.5, 0.6) is 0 Å². The molecule has 1 aliphatic rings. The number of hydrogen-bond acceptors (Lipinski definition) is 6. The van der Waals surface area contributed by atoms with Crippen LogP contribution in [0.1, 0.15) is 11.6 Å². The Balaban J connectivity index is 1.68. The Bertz CT molecular complexity index is 958. The fraction of sp³-hybridized carbons (Fsp3) is 0.286. The van der Waals surface area contributed by atoms with Crippen molar-refractivity contribution in [3.8, 4) is 0 Å². The third kappa shape index (κ3) is 3.95. The normalized spacial score (nSPS) is 16.0. The fourth-order valence-corrected chi connectivity index (χ4v) is 3.58. The molecule has 1 aliphatic heterocycles. The second-order valence-electron chi connectivity index (χ2n) is 6.81. The van der Waals surface area contributed by atoms with Crippen molar-refractivity contribution in [3.63, 3.8) is 0 Å². The van der Waals surface area contributed by atoms with Gasteiger partial charge >= 0.3 is 0 Å². The second kappa shape index (κ2) is 8.33. The number of nitro benzene ring substituents is 1. The summed E-state index contributed by atoms with van der Waals surface area (Å²) in [5.74, 6) is 0. The topological polar surface area (TPSA) is 80.5 Å². The largest absolute Gasteiger partial charge is 0.379 e. The number of nitrogens with one attached hydrogen (secondary N) is 1. The molecule has 0 aliphatic carbocycles. The van der Waals surface area contributed by atoms with Gasteiger partial charge in [-0.3, -0.25) is 20.0 Å². The van der Waals surface area contributed by atoms with Gasteiger partial charge in [-0.1, -0.05) is 30.3 Å². The molecule has 7 nitrogen and oxygen atoms in total. The molecule has 0 saturated carbocycles. The quantitative estimate of drug-likeness (QED) is 0.521. The van der Waals surface area contributed by atoms with E-state index in [1.807, 2.05) is 18.2 Å². The molecule has 1 atom stereocenters. The van der Waals surface area contributed by atoms with Crippen molar-refractivity contribution in [2.75, 3.05) is 38.2 Å². The van der Waals surface area contributed by atoms with E-state index < -0.39 is 0 Å². The minimum Gasteiger partial charge on any atom is -0.379 e. The lowest BCUT2D eigenvalue weighted by atomic mass is 10.0. The summed E-state index contributed by atoms with van der Waals surface area (Å²) in [5, 5.41) is 15.5. The number of anilines is 1. The Morgan fingerprint density at radius 3 is 2.64 bits per heavy atom. The van der Waals surface area contributed by atoms with Crippen LogP contribution in [0.2, 0.25) is 0 Å². The predicted octanol–water partition coefficient (Wildman–Crippen LogP) is 3.63. The van der Waals surface area contributed by atoms with Gasteiger partial charge in [0.25, 0.3) is 5.69 Å². The van der Waals surface area contributed by atoms with Crippen molar-refractivity contribution in [2.24, 2.45) is 0 Å². The molecule has 28 heavy (non-hydrogen) atoms. The summed E-state index contributed by atoms with van der Waals surface area (Å²) in [6.07, 6.45) is 1.66. The lowest BCUT2D eigenvalue weighted by Crippen LogP contribution is -2.40. The van der Waals surface area contributed by atoms with Gasteiger partial charge in [-0.25, -0.2) is 0 Å². The molecule has 0 bridgehead atoms. The fourth-order valence-electron chi connectivity index (χ4n) is 3.58. The number of pyridine rings is 1. The Morgan fingerprint density at radius 2 is 1.89 bits per heavy atom. The smallest absolute Gasteiger partial charge is 0.278 e. The maximum Gasteiger partial charge on any atom is 0.278 e. The lowest BCUT2D eigenvalue weighted by Gasteiger charge is -2.31. The van der Waals surface area contributed by atoms with Crippen LogP contribution >= 0.6 is 0 Å². The number of hydrogen-bond donors (Lipinski definition) is 1. The number of fused-ring (bicyclic) bond motifs is 1. The lowest BCUT2D eigenvalue weighted by molar-refractivity contribution is -0.383. The molecule has 2 aromatic carbocycles. The molecular weight excluding hydrogens is 356 g/mol. The van der Waals surface area contributed by atoms with Gasteiger partial charge in [0.2, 0.25) is 0 Å². The third-order valence-electron chi connectivity index (χ3n) is 5.02. The molecule has 1 aromatic heterocycles. The van der Waals surface area contributed by atoms with Crippen molar-refractivity contribution in [3.05, 3.63) is 76.5 Å². The highest BCUT2D eigenvalue weighted by Crippen LogP contribution is 2.32. The molecule has 1 saturated heterocycles. The molecule has 0 amide bonds. The summed E-state index contributed by atoms with van der Waals surface area (Å²) in [5.41, 5.74) is 2.64. The zero-order valence-corrected chi connectivity index (χ0v) is 15.5. The van der Waals surface area contributed by atoms with E-state index in [4.69, 9.17) is 4.74 Å². The molecule has 1 unspecified atom stereocenters. The number of ether oxygens (including phenoxy) is 1. The summed E-state index contributed by atoms with van der Waals surface area (Å²) in [6.45, 7) is 4.08. The van der Waals surface area contributed by atoms with E-state index in [-0.39, 0.29) is 16.7 Å². The van der Waals surface area contributed by atoms with Crippen LogP contribution in [0.4, 0.5) is 11.4 Å². The van der Waals surface area contributed by atoms with Crippen LogP contribution in [0, 0.1) is 10.1 Å². The van der Waals surface area contributed by atoms with Gasteiger partial charge in [-0.15, -0.1) is 0 Å². The Labute approximate surface area is 163 Å². The molecule has 1 N–H and O–H groups in total. The summed E-state index contributed by atoms with van der Waals surface area (Å²) in [6, 6.07) is 17.0. The number of nitro groups is 1. The molecule has 144 valence electrons. The van der Waals surface area contributed by atoms with Gasteiger partial charge in [0.1, 0.15) is 5.52 Å². The number of aromatic nitrogens is 1. The van der Waals surface area contributed by atoms with E-state index in [2.05, 4.69) is 27.3 Å². The molecule has 1 fully saturated rings. The van der Waals surface area contributed by atoms with E-state index in [1.165, 1.54) is 0 Å². The minimum atomic E-state index is -0.365. The zero-order chi connectivity index (χ0) is 19.3. The van der Waals surface area contributed by atoms with Crippen LogP contribution in [-0.4, -0.2) is 47.7 Å². The Morgan fingerprint density at radius 1 is 1.11 bits per heavy atom. The SMILES string of the molecule is O=[N+]([O-])c1ccc(NC(CN2CCOCC2)c2ccccc2)c2ncccc12. The number of nitrogens with zero attached hydrogens (tertiary/aromatic N) is 3. The number of rotatable bonds is 6. The molecule has 2 heterocycles. The van der Waals surface area contributed by atoms with Crippen molar-refractivity contribution >= 4 is 22.3 Å². The van der Waals surface area contributed by atoms with Crippen LogP contribution in [0.15, 0.2) is 60.8 Å². The molecule has 4 rings (SSSR count). The van der Waals surface area contributed by atoms with Crippen LogP contribution in [0.25, 0.3) is 10.9 Å². The second-order valence-corrected chi connectivity index (χ2v) is 6.81. The van der Waals surface area contributed by atoms with E-state index >= 15 is 0 Å². The van der Waals surface area contributed by atoms with Gasteiger partial charge in [-0.2, -0.15) is 0 Å². The maximum absolute atomic E-state index is 11.4. The van der Waals surface area contributed by atoms with Gasteiger partial charge in [0.05, 0.1) is 35.3 Å². The number of non-ortho nitro benzene ring substituents is 1. The van der Waals surface area contributed by atoms with Crippen molar-refractivity contribution in [1.82, 2.24) is 9.88 Å². The van der Waals surface area contributed by atoms with Crippen LogP contribution in [0.3, 0.4) is 0 Å². The first kappa shape index (κ1) is 18.3. The van der Waals surface area contributed by atoms with Crippen molar-refractivity contribution in [1.29, 1.82) is 0 Å². The predicted molar refractivity (Wildman–Crippen MR) is 108 cm³/mol. The Kier molecular flexibility index (Phi) is 5.45.